The lowest BCUT2D eigenvalue weighted by molar-refractivity contribution is 0.0924. The summed E-state index contributed by atoms with van der Waals surface area (Å²) in [6.07, 6.45) is 4.67. The van der Waals surface area contributed by atoms with Gasteiger partial charge in [0.05, 0.1) is 11.6 Å². The Hall–Kier alpha value is -2.64. The third kappa shape index (κ3) is 4.93. The van der Waals surface area contributed by atoms with Crippen LogP contribution in [0.3, 0.4) is 0 Å². The molecule has 0 bridgehead atoms. The predicted molar refractivity (Wildman–Crippen MR) is 103 cm³/mol. The van der Waals surface area contributed by atoms with Crippen molar-refractivity contribution in [2.24, 2.45) is 0 Å². The van der Waals surface area contributed by atoms with E-state index < -0.39 is 0 Å². The zero-order valence-electron chi connectivity index (χ0n) is 15.0. The maximum absolute atomic E-state index is 12.5. The molecule has 0 spiro atoms. The average molecular weight is 347 g/mol. The van der Waals surface area contributed by atoms with Gasteiger partial charge in [-0.3, -0.25) is 9.69 Å². The Morgan fingerprint density at radius 3 is 2.58 bits per heavy atom. The van der Waals surface area contributed by atoms with Crippen molar-refractivity contribution in [2.45, 2.75) is 31.7 Å². The number of likely N-dealkylation sites (tertiary alicyclic amines) is 1. The summed E-state index contributed by atoms with van der Waals surface area (Å²) in [6.45, 7) is 2.80. The minimum absolute atomic E-state index is 0.114. The topological polar surface area (TPSA) is 56.1 Å². The van der Waals surface area contributed by atoms with Crippen LogP contribution in [0.4, 0.5) is 0 Å². The van der Waals surface area contributed by atoms with E-state index in [0.717, 1.165) is 19.5 Å². The van der Waals surface area contributed by atoms with E-state index in [1.54, 1.807) is 24.3 Å². The first-order chi connectivity index (χ1) is 12.8. The van der Waals surface area contributed by atoms with Gasteiger partial charge in [0.25, 0.3) is 5.91 Å². The molecule has 1 unspecified atom stereocenters. The van der Waals surface area contributed by atoms with Gasteiger partial charge in [0, 0.05) is 18.2 Å². The van der Waals surface area contributed by atoms with E-state index in [9.17, 15) is 4.79 Å². The Bertz CT molecular complexity index is 760. The van der Waals surface area contributed by atoms with Gasteiger partial charge in [-0.1, -0.05) is 42.8 Å². The number of carbonyl (C=O) groups excluding carboxylic acids is 1. The first-order valence-corrected chi connectivity index (χ1v) is 9.32. The SMILES string of the molecule is N#Cc1cccc(C(=O)NCC(Cc2ccccc2)N2CCCCC2)c1. The molecule has 26 heavy (non-hydrogen) atoms. The van der Waals surface area contributed by atoms with Crippen LogP contribution in [-0.2, 0) is 6.42 Å². The van der Waals surface area contributed by atoms with E-state index in [-0.39, 0.29) is 5.91 Å². The lowest BCUT2D eigenvalue weighted by Gasteiger charge is -2.35. The normalized spacial score (nSPS) is 15.8. The number of nitrogens with zero attached hydrogens (tertiary/aromatic N) is 2. The summed E-state index contributed by atoms with van der Waals surface area (Å²) in [7, 11) is 0. The summed E-state index contributed by atoms with van der Waals surface area (Å²) < 4.78 is 0. The highest BCUT2D eigenvalue weighted by Gasteiger charge is 2.21. The first kappa shape index (κ1) is 18.2. The Labute approximate surface area is 155 Å². The van der Waals surface area contributed by atoms with Crippen molar-refractivity contribution in [3.05, 3.63) is 71.3 Å². The lowest BCUT2D eigenvalue weighted by Crippen LogP contribution is -2.47. The first-order valence-electron chi connectivity index (χ1n) is 9.32. The molecule has 0 radical (unpaired) electrons. The number of piperidine rings is 1. The van der Waals surface area contributed by atoms with Gasteiger partial charge < -0.3 is 5.32 Å². The van der Waals surface area contributed by atoms with Crippen molar-refractivity contribution < 1.29 is 4.79 Å². The van der Waals surface area contributed by atoms with Crippen LogP contribution in [-0.4, -0.2) is 36.5 Å². The molecule has 1 heterocycles. The van der Waals surface area contributed by atoms with Crippen LogP contribution < -0.4 is 5.32 Å². The van der Waals surface area contributed by atoms with Gasteiger partial charge in [-0.15, -0.1) is 0 Å². The molecule has 134 valence electrons. The molecule has 4 nitrogen and oxygen atoms in total. The van der Waals surface area contributed by atoms with Crippen molar-refractivity contribution in [2.75, 3.05) is 19.6 Å². The second-order valence-corrected chi connectivity index (χ2v) is 6.84. The minimum Gasteiger partial charge on any atom is -0.350 e. The van der Waals surface area contributed by atoms with E-state index in [4.69, 9.17) is 5.26 Å². The molecule has 2 aromatic rings. The van der Waals surface area contributed by atoms with E-state index in [2.05, 4.69) is 40.6 Å². The number of carbonyl (C=O) groups is 1. The maximum Gasteiger partial charge on any atom is 0.251 e. The molecule has 1 amide bonds. The molecular weight excluding hydrogens is 322 g/mol. The second kappa shape index (κ2) is 9.17. The van der Waals surface area contributed by atoms with Gasteiger partial charge in [0.1, 0.15) is 0 Å². The molecule has 3 rings (SSSR count). The van der Waals surface area contributed by atoms with Crippen LogP contribution in [0.5, 0.6) is 0 Å². The van der Waals surface area contributed by atoms with Crippen LogP contribution in [0.1, 0.15) is 40.7 Å². The maximum atomic E-state index is 12.5. The molecular formula is C22H25N3O. The van der Waals surface area contributed by atoms with Crippen molar-refractivity contribution in [3.8, 4) is 6.07 Å². The number of rotatable bonds is 6. The second-order valence-electron chi connectivity index (χ2n) is 6.84. The van der Waals surface area contributed by atoms with Gasteiger partial charge >= 0.3 is 0 Å². The zero-order valence-corrected chi connectivity index (χ0v) is 15.0. The number of hydrogen-bond acceptors (Lipinski definition) is 3. The van der Waals surface area contributed by atoms with Gasteiger partial charge in [0.15, 0.2) is 0 Å². The third-order valence-corrected chi connectivity index (χ3v) is 4.97. The minimum atomic E-state index is -0.114. The molecule has 0 saturated carbocycles. The Balaban J connectivity index is 1.66. The molecule has 1 saturated heterocycles. The Morgan fingerprint density at radius 1 is 1.08 bits per heavy atom. The van der Waals surface area contributed by atoms with Crippen molar-refractivity contribution in [1.82, 2.24) is 10.2 Å². The fourth-order valence-corrected chi connectivity index (χ4v) is 3.54. The van der Waals surface area contributed by atoms with E-state index in [0.29, 0.717) is 23.7 Å². The summed E-state index contributed by atoms with van der Waals surface area (Å²) in [4.78, 5) is 15.0. The smallest absolute Gasteiger partial charge is 0.251 e. The van der Waals surface area contributed by atoms with Crippen LogP contribution in [0, 0.1) is 11.3 Å². The summed E-state index contributed by atoms with van der Waals surface area (Å²) in [5.74, 6) is -0.114. The lowest BCUT2D eigenvalue weighted by atomic mass is 10.0. The number of amides is 1. The molecule has 0 aromatic heterocycles. The van der Waals surface area contributed by atoms with E-state index in [1.165, 1.54) is 24.8 Å². The fourth-order valence-electron chi connectivity index (χ4n) is 3.54. The van der Waals surface area contributed by atoms with E-state index in [1.807, 2.05) is 6.07 Å². The molecule has 1 aliphatic heterocycles. The van der Waals surface area contributed by atoms with Crippen molar-refractivity contribution in [3.63, 3.8) is 0 Å². The molecule has 1 aliphatic rings. The highest BCUT2D eigenvalue weighted by molar-refractivity contribution is 5.94. The monoisotopic (exact) mass is 347 g/mol. The van der Waals surface area contributed by atoms with Crippen molar-refractivity contribution in [1.29, 1.82) is 5.26 Å². The fraction of sp³-hybridized carbons (Fsp3) is 0.364. The van der Waals surface area contributed by atoms with Crippen LogP contribution in [0.25, 0.3) is 0 Å². The number of benzene rings is 2. The van der Waals surface area contributed by atoms with Gasteiger partial charge in [-0.05, 0) is 56.1 Å². The van der Waals surface area contributed by atoms with E-state index >= 15 is 0 Å². The Morgan fingerprint density at radius 2 is 1.85 bits per heavy atom. The third-order valence-electron chi connectivity index (χ3n) is 4.97. The average Bonchev–Trinajstić information content (AvgIpc) is 2.72. The summed E-state index contributed by atoms with van der Waals surface area (Å²) in [5.41, 5.74) is 2.35. The van der Waals surface area contributed by atoms with Gasteiger partial charge in [0.2, 0.25) is 0 Å². The standard InChI is InChI=1S/C22H25N3O/c23-16-19-10-7-11-20(14-19)22(26)24-17-21(25-12-5-2-6-13-25)15-18-8-3-1-4-9-18/h1,3-4,7-11,14,21H,2,5-6,12-13,15,17H2,(H,24,26). The zero-order chi connectivity index (χ0) is 18.2. The quantitative estimate of drug-likeness (QED) is 0.871. The molecule has 1 fully saturated rings. The molecule has 2 aromatic carbocycles. The van der Waals surface area contributed by atoms with Crippen molar-refractivity contribution >= 4 is 5.91 Å². The molecule has 1 N–H and O–H groups in total. The van der Waals surface area contributed by atoms with Crippen LogP contribution in [0.15, 0.2) is 54.6 Å². The number of hydrogen-bond donors (Lipinski definition) is 1. The largest absolute Gasteiger partial charge is 0.350 e. The summed E-state index contributed by atoms with van der Waals surface area (Å²) >= 11 is 0. The highest BCUT2D eigenvalue weighted by Crippen LogP contribution is 2.16. The Kier molecular flexibility index (Phi) is 6.40. The molecule has 0 aliphatic carbocycles. The van der Waals surface area contributed by atoms with Gasteiger partial charge in [-0.25, -0.2) is 0 Å². The summed E-state index contributed by atoms with van der Waals surface area (Å²) in [5, 5.41) is 12.1. The van der Waals surface area contributed by atoms with Crippen LogP contribution >= 0.6 is 0 Å². The molecule has 4 heteroatoms. The van der Waals surface area contributed by atoms with Crippen LogP contribution in [0.2, 0.25) is 0 Å². The number of nitrogens with one attached hydrogen (secondary N) is 1. The highest BCUT2D eigenvalue weighted by atomic mass is 16.1. The predicted octanol–water partition coefficient (Wildman–Crippen LogP) is 3.39. The molecule has 1 atom stereocenters. The van der Waals surface area contributed by atoms with Gasteiger partial charge in [-0.2, -0.15) is 5.26 Å². The number of nitriles is 1. The summed E-state index contributed by atoms with van der Waals surface area (Å²) in [6, 6.07) is 19.7.